The molecule has 0 aliphatic heterocycles. The SMILES string of the molecule is CCC(CC)c1nc(Cl)c(I)c(C2CC2)n1. The van der Waals surface area contributed by atoms with E-state index in [0.717, 1.165) is 22.2 Å². The van der Waals surface area contributed by atoms with Crippen molar-refractivity contribution in [2.45, 2.75) is 51.4 Å². The minimum absolute atomic E-state index is 0.451. The Morgan fingerprint density at radius 1 is 1.31 bits per heavy atom. The van der Waals surface area contributed by atoms with E-state index in [1.807, 2.05) is 0 Å². The lowest BCUT2D eigenvalue weighted by molar-refractivity contribution is 0.596. The van der Waals surface area contributed by atoms with Crippen LogP contribution in [0.15, 0.2) is 0 Å². The molecule has 0 spiro atoms. The molecule has 4 heteroatoms. The van der Waals surface area contributed by atoms with E-state index < -0.39 is 0 Å². The second kappa shape index (κ2) is 5.17. The summed E-state index contributed by atoms with van der Waals surface area (Å²) in [6, 6.07) is 0. The quantitative estimate of drug-likeness (QED) is 0.589. The number of hydrogen-bond acceptors (Lipinski definition) is 2. The van der Waals surface area contributed by atoms with E-state index in [-0.39, 0.29) is 0 Å². The van der Waals surface area contributed by atoms with Gasteiger partial charge in [0, 0.05) is 11.8 Å². The molecule has 0 aromatic carbocycles. The molecular formula is C12H16ClIN2. The first-order chi connectivity index (χ1) is 7.67. The van der Waals surface area contributed by atoms with Crippen molar-refractivity contribution in [1.82, 2.24) is 9.97 Å². The highest BCUT2D eigenvalue weighted by atomic mass is 127. The summed E-state index contributed by atoms with van der Waals surface area (Å²) in [7, 11) is 0. The lowest BCUT2D eigenvalue weighted by atomic mass is 10.0. The number of nitrogens with zero attached hydrogens (tertiary/aromatic N) is 2. The predicted octanol–water partition coefficient (Wildman–Crippen LogP) is 4.52. The molecule has 88 valence electrons. The van der Waals surface area contributed by atoms with Gasteiger partial charge in [0.15, 0.2) is 0 Å². The maximum Gasteiger partial charge on any atom is 0.146 e. The average molecular weight is 351 g/mol. The molecular weight excluding hydrogens is 335 g/mol. The predicted molar refractivity (Wildman–Crippen MR) is 75.1 cm³/mol. The highest BCUT2D eigenvalue weighted by Crippen LogP contribution is 2.42. The van der Waals surface area contributed by atoms with Crippen LogP contribution in [-0.2, 0) is 0 Å². The third-order valence-corrected chi connectivity index (χ3v) is 4.82. The Morgan fingerprint density at radius 2 is 1.94 bits per heavy atom. The van der Waals surface area contributed by atoms with Gasteiger partial charge in [0.2, 0.25) is 0 Å². The summed E-state index contributed by atoms with van der Waals surface area (Å²) in [6.07, 6.45) is 4.67. The summed E-state index contributed by atoms with van der Waals surface area (Å²) < 4.78 is 1.05. The van der Waals surface area contributed by atoms with Crippen LogP contribution in [-0.4, -0.2) is 9.97 Å². The van der Waals surface area contributed by atoms with Gasteiger partial charge in [0.25, 0.3) is 0 Å². The third kappa shape index (κ3) is 2.50. The molecule has 0 unspecified atom stereocenters. The molecule has 2 rings (SSSR count). The highest BCUT2D eigenvalue weighted by molar-refractivity contribution is 14.1. The molecule has 0 amide bonds. The van der Waals surface area contributed by atoms with Gasteiger partial charge in [0.1, 0.15) is 11.0 Å². The first-order valence-electron chi connectivity index (χ1n) is 5.90. The minimum Gasteiger partial charge on any atom is -0.236 e. The van der Waals surface area contributed by atoms with Crippen LogP contribution in [0.3, 0.4) is 0 Å². The minimum atomic E-state index is 0.451. The van der Waals surface area contributed by atoms with E-state index in [2.05, 4.69) is 41.4 Å². The molecule has 0 bridgehead atoms. The summed E-state index contributed by atoms with van der Waals surface area (Å²) in [5.41, 5.74) is 1.18. The maximum atomic E-state index is 6.19. The Hall–Kier alpha value is 0.1000. The topological polar surface area (TPSA) is 25.8 Å². The highest BCUT2D eigenvalue weighted by Gasteiger charge is 2.29. The van der Waals surface area contributed by atoms with Crippen molar-refractivity contribution < 1.29 is 0 Å². The van der Waals surface area contributed by atoms with Crippen molar-refractivity contribution in [2.75, 3.05) is 0 Å². The van der Waals surface area contributed by atoms with Gasteiger partial charge in [-0.3, -0.25) is 0 Å². The fraction of sp³-hybridized carbons (Fsp3) is 0.667. The lowest BCUT2D eigenvalue weighted by Gasteiger charge is -2.13. The summed E-state index contributed by atoms with van der Waals surface area (Å²) in [6.45, 7) is 4.36. The molecule has 1 aromatic rings. The van der Waals surface area contributed by atoms with Crippen LogP contribution < -0.4 is 0 Å². The Kier molecular flexibility index (Phi) is 4.06. The van der Waals surface area contributed by atoms with Crippen molar-refractivity contribution >= 4 is 34.2 Å². The van der Waals surface area contributed by atoms with E-state index in [4.69, 9.17) is 16.6 Å². The standard InChI is InChI=1S/C12H16ClIN2/c1-3-7(4-2)12-15-10(8-5-6-8)9(14)11(13)16-12/h7-8H,3-6H2,1-2H3. The second-order valence-corrected chi connectivity index (χ2v) is 5.80. The Morgan fingerprint density at radius 3 is 2.44 bits per heavy atom. The van der Waals surface area contributed by atoms with Crippen LogP contribution in [0.25, 0.3) is 0 Å². The summed E-state index contributed by atoms with van der Waals surface area (Å²) in [5, 5.41) is 0.638. The van der Waals surface area contributed by atoms with Crippen LogP contribution in [0.2, 0.25) is 5.15 Å². The molecule has 1 fully saturated rings. The van der Waals surface area contributed by atoms with Gasteiger partial charge < -0.3 is 0 Å². The smallest absolute Gasteiger partial charge is 0.146 e. The summed E-state index contributed by atoms with van der Waals surface area (Å²) in [5.74, 6) is 2.03. The van der Waals surface area contributed by atoms with Crippen molar-refractivity contribution in [3.8, 4) is 0 Å². The van der Waals surface area contributed by atoms with Crippen molar-refractivity contribution in [1.29, 1.82) is 0 Å². The molecule has 0 atom stereocenters. The lowest BCUT2D eigenvalue weighted by Crippen LogP contribution is -2.07. The van der Waals surface area contributed by atoms with Gasteiger partial charge in [-0.25, -0.2) is 9.97 Å². The molecule has 1 aliphatic rings. The second-order valence-electron chi connectivity index (χ2n) is 4.36. The third-order valence-electron chi connectivity index (χ3n) is 3.17. The first kappa shape index (κ1) is 12.6. The van der Waals surface area contributed by atoms with Crippen LogP contribution in [0.1, 0.15) is 62.9 Å². The Labute approximate surface area is 115 Å². The van der Waals surface area contributed by atoms with E-state index in [0.29, 0.717) is 17.0 Å². The number of halogens is 2. The van der Waals surface area contributed by atoms with Crippen molar-refractivity contribution in [3.63, 3.8) is 0 Å². The molecule has 0 radical (unpaired) electrons. The Bertz CT molecular complexity index is 387. The number of rotatable bonds is 4. The molecule has 1 aromatic heterocycles. The summed E-state index contributed by atoms with van der Waals surface area (Å²) in [4.78, 5) is 9.17. The maximum absolute atomic E-state index is 6.19. The van der Waals surface area contributed by atoms with Crippen LogP contribution >= 0.6 is 34.2 Å². The zero-order valence-corrected chi connectivity index (χ0v) is 12.5. The van der Waals surface area contributed by atoms with Gasteiger partial charge in [-0.2, -0.15) is 0 Å². The molecule has 16 heavy (non-hydrogen) atoms. The first-order valence-corrected chi connectivity index (χ1v) is 7.35. The molecule has 1 saturated carbocycles. The van der Waals surface area contributed by atoms with Gasteiger partial charge >= 0.3 is 0 Å². The van der Waals surface area contributed by atoms with E-state index in [1.165, 1.54) is 18.5 Å². The molecule has 0 N–H and O–H groups in total. The zero-order chi connectivity index (χ0) is 11.7. The van der Waals surface area contributed by atoms with Crippen LogP contribution in [0.5, 0.6) is 0 Å². The summed E-state index contributed by atoms with van der Waals surface area (Å²) >= 11 is 8.46. The van der Waals surface area contributed by atoms with Crippen molar-refractivity contribution in [2.24, 2.45) is 0 Å². The van der Waals surface area contributed by atoms with E-state index >= 15 is 0 Å². The van der Waals surface area contributed by atoms with E-state index in [1.54, 1.807) is 0 Å². The van der Waals surface area contributed by atoms with Gasteiger partial charge in [-0.1, -0.05) is 25.4 Å². The number of hydrogen-bond donors (Lipinski definition) is 0. The molecule has 1 aliphatic carbocycles. The van der Waals surface area contributed by atoms with Crippen LogP contribution in [0, 0.1) is 3.57 Å². The molecule has 0 saturated heterocycles. The molecule has 2 nitrogen and oxygen atoms in total. The zero-order valence-electron chi connectivity index (χ0n) is 9.63. The number of aromatic nitrogens is 2. The monoisotopic (exact) mass is 350 g/mol. The fourth-order valence-electron chi connectivity index (χ4n) is 1.92. The Balaban J connectivity index is 2.39. The van der Waals surface area contributed by atoms with Crippen molar-refractivity contribution in [3.05, 3.63) is 20.2 Å². The van der Waals surface area contributed by atoms with Gasteiger partial charge in [-0.15, -0.1) is 0 Å². The van der Waals surface area contributed by atoms with E-state index in [9.17, 15) is 0 Å². The largest absolute Gasteiger partial charge is 0.236 e. The normalized spacial score (nSPS) is 15.8. The fourth-order valence-corrected chi connectivity index (χ4v) is 2.78. The van der Waals surface area contributed by atoms with Crippen LogP contribution in [0.4, 0.5) is 0 Å². The molecule has 1 heterocycles. The van der Waals surface area contributed by atoms with Gasteiger partial charge in [-0.05, 0) is 48.3 Å². The average Bonchev–Trinajstić information content (AvgIpc) is 3.08. The van der Waals surface area contributed by atoms with Gasteiger partial charge in [0.05, 0.1) is 9.26 Å².